The molecule has 10 heteroatoms. The van der Waals surface area contributed by atoms with E-state index in [0.717, 1.165) is 57.4 Å². The van der Waals surface area contributed by atoms with Crippen molar-refractivity contribution in [2.45, 2.75) is 38.5 Å². The van der Waals surface area contributed by atoms with Crippen LogP contribution >= 0.6 is 11.6 Å². The Hall–Kier alpha value is -3.72. The lowest BCUT2D eigenvalue weighted by Gasteiger charge is -2.30. The van der Waals surface area contributed by atoms with E-state index in [-0.39, 0.29) is 0 Å². The number of hydrogen-bond acceptors (Lipinski definition) is 9. The molecule has 1 aromatic heterocycles. The molecule has 3 aromatic rings. The number of esters is 1. The number of hydrazone groups is 1. The Bertz CT molecular complexity index is 1200. The third-order valence-corrected chi connectivity index (χ3v) is 6.78. The summed E-state index contributed by atoms with van der Waals surface area (Å²) in [5.74, 6) is 1.76. The van der Waals surface area contributed by atoms with E-state index in [9.17, 15) is 4.79 Å². The fraction of sp³-hybridized carbons (Fsp3) is 0.370. The van der Waals surface area contributed by atoms with Gasteiger partial charge in [0.25, 0.3) is 0 Å². The Morgan fingerprint density at radius 1 is 0.838 bits per heavy atom. The number of aromatic nitrogens is 3. The van der Waals surface area contributed by atoms with E-state index in [1.165, 1.54) is 12.8 Å². The van der Waals surface area contributed by atoms with E-state index in [2.05, 4.69) is 30.3 Å². The molecule has 2 fully saturated rings. The molecule has 1 N–H and O–H groups in total. The highest BCUT2D eigenvalue weighted by atomic mass is 35.5. The summed E-state index contributed by atoms with van der Waals surface area (Å²) in [6.07, 6.45) is 8.75. The van der Waals surface area contributed by atoms with Crippen LogP contribution in [0.5, 0.6) is 5.75 Å². The highest BCUT2D eigenvalue weighted by Gasteiger charge is 2.20. The molecule has 2 aliphatic rings. The summed E-state index contributed by atoms with van der Waals surface area (Å²) < 4.78 is 5.43. The zero-order valence-electron chi connectivity index (χ0n) is 20.6. The summed E-state index contributed by atoms with van der Waals surface area (Å²) in [6.45, 7) is 3.83. The second-order valence-corrected chi connectivity index (χ2v) is 9.57. The number of nitrogens with one attached hydrogen (secondary N) is 1. The summed E-state index contributed by atoms with van der Waals surface area (Å²) >= 11 is 6.08. The largest absolute Gasteiger partial charge is 0.423 e. The van der Waals surface area contributed by atoms with Crippen LogP contribution in [0.3, 0.4) is 0 Å². The van der Waals surface area contributed by atoms with Gasteiger partial charge in [0, 0.05) is 26.2 Å². The van der Waals surface area contributed by atoms with Crippen LogP contribution in [-0.4, -0.2) is 53.3 Å². The molecule has 0 saturated carbocycles. The monoisotopic (exact) mass is 519 g/mol. The van der Waals surface area contributed by atoms with Gasteiger partial charge in [-0.3, -0.25) is 0 Å². The number of carbonyl (C=O) groups excluding carboxylic acids is 1. The van der Waals surface area contributed by atoms with Crippen molar-refractivity contribution >= 4 is 41.6 Å². The number of benzene rings is 2. The molecule has 0 spiro atoms. The van der Waals surface area contributed by atoms with E-state index in [1.807, 2.05) is 12.1 Å². The first-order valence-corrected chi connectivity index (χ1v) is 13.2. The molecule has 0 amide bonds. The van der Waals surface area contributed by atoms with Crippen LogP contribution in [0.15, 0.2) is 53.6 Å². The molecule has 0 bridgehead atoms. The Kier molecular flexibility index (Phi) is 8.10. The Labute approximate surface area is 221 Å². The Morgan fingerprint density at radius 2 is 1.43 bits per heavy atom. The number of rotatable bonds is 7. The minimum atomic E-state index is -0.502. The first-order valence-electron chi connectivity index (χ1n) is 12.8. The first-order chi connectivity index (χ1) is 18.2. The van der Waals surface area contributed by atoms with E-state index < -0.39 is 5.97 Å². The lowest BCUT2D eigenvalue weighted by Crippen LogP contribution is -2.34. The van der Waals surface area contributed by atoms with Gasteiger partial charge in [-0.15, -0.1) is 0 Å². The SMILES string of the molecule is O=C(Oc1ccc(C=NNc2nc(N3CCCCC3)nc(N3CCCCC3)n2)cc1)c1ccccc1Cl. The Balaban J connectivity index is 1.25. The van der Waals surface area contributed by atoms with E-state index >= 15 is 0 Å². The van der Waals surface area contributed by atoms with Crippen molar-refractivity contribution in [3.8, 4) is 5.75 Å². The quantitative estimate of drug-likeness (QED) is 0.198. The predicted octanol–water partition coefficient (Wildman–Crippen LogP) is 5.17. The molecular formula is C27H30ClN7O2. The molecule has 0 radical (unpaired) electrons. The van der Waals surface area contributed by atoms with Crippen molar-refractivity contribution in [2.75, 3.05) is 41.4 Å². The molecule has 37 heavy (non-hydrogen) atoms. The summed E-state index contributed by atoms with van der Waals surface area (Å²) in [5.41, 5.74) is 4.13. The van der Waals surface area contributed by atoms with Crippen LogP contribution in [-0.2, 0) is 0 Å². The maximum absolute atomic E-state index is 12.4. The zero-order chi connectivity index (χ0) is 25.5. The molecular weight excluding hydrogens is 490 g/mol. The highest BCUT2D eigenvalue weighted by Crippen LogP contribution is 2.23. The summed E-state index contributed by atoms with van der Waals surface area (Å²) in [4.78, 5) is 30.9. The van der Waals surface area contributed by atoms with E-state index in [1.54, 1.807) is 42.6 Å². The van der Waals surface area contributed by atoms with E-state index in [0.29, 0.717) is 34.2 Å². The topological polar surface area (TPSA) is 95.8 Å². The van der Waals surface area contributed by atoms with Crippen molar-refractivity contribution in [1.29, 1.82) is 0 Å². The molecule has 9 nitrogen and oxygen atoms in total. The maximum Gasteiger partial charge on any atom is 0.345 e. The van der Waals surface area contributed by atoms with Gasteiger partial charge >= 0.3 is 5.97 Å². The van der Waals surface area contributed by atoms with Gasteiger partial charge < -0.3 is 14.5 Å². The number of nitrogens with zero attached hydrogens (tertiary/aromatic N) is 6. The molecule has 0 unspecified atom stereocenters. The van der Waals surface area contributed by atoms with Gasteiger partial charge in [0.05, 0.1) is 16.8 Å². The second kappa shape index (κ2) is 12.0. The van der Waals surface area contributed by atoms with Gasteiger partial charge in [-0.1, -0.05) is 23.7 Å². The number of anilines is 3. The molecule has 5 rings (SSSR count). The van der Waals surface area contributed by atoms with Crippen LogP contribution in [0, 0.1) is 0 Å². The van der Waals surface area contributed by atoms with Gasteiger partial charge in [0.2, 0.25) is 17.8 Å². The average Bonchev–Trinajstić information content (AvgIpc) is 2.95. The van der Waals surface area contributed by atoms with Crippen LogP contribution < -0.4 is 20.0 Å². The standard InChI is InChI=1S/C27H30ClN7O2/c28-23-10-4-3-9-22(23)24(36)37-21-13-11-20(12-14-21)19-29-33-25-30-26(34-15-5-1-6-16-34)32-27(31-25)35-17-7-2-8-18-35/h3-4,9-14,19H,1-2,5-8,15-18H2,(H,30,31,32,33). The van der Waals surface area contributed by atoms with Crippen LogP contribution in [0.1, 0.15) is 54.4 Å². The van der Waals surface area contributed by atoms with Gasteiger partial charge in [-0.05, 0) is 80.5 Å². The average molecular weight is 520 g/mol. The summed E-state index contributed by atoms with van der Waals surface area (Å²) in [5, 5.41) is 4.70. The Morgan fingerprint density at radius 3 is 2.03 bits per heavy atom. The molecule has 2 aromatic carbocycles. The number of ether oxygens (including phenoxy) is 1. The van der Waals surface area contributed by atoms with Crippen molar-refractivity contribution in [2.24, 2.45) is 5.10 Å². The smallest absolute Gasteiger partial charge is 0.345 e. The number of hydrogen-bond donors (Lipinski definition) is 1. The minimum absolute atomic E-state index is 0.323. The molecule has 3 heterocycles. The van der Waals surface area contributed by atoms with Crippen molar-refractivity contribution < 1.29 is 9.53 Å². The van der Waals surface area contributed by atoms with Crippen LogP contribution in [0.4, 0.5) is 17.8 Å². The van der Waals surface area contributed by atoms with E-state index in [4.69, 9.17) is 21.3 Å². The second-order valence-electron chi connectivity index (χ2n) is 9.16. The van der Waals surface area contributed by atoms with Crippen LogP contribution in [0.2, 0.25) is 5.02 Å². The molecule has 192 valence electrons. The highest BCUT2D eigenvalue weighted by molar-refractivity contribution is 6.33. The number of halogens is 1. The summed E-state index contributed by atoms with van der Waals surface area (Å²) in [6, 6.07) is 13.8. The van der Waals surface area contributed by atoms with Crippen molar-refractivity contribution in [3.05, 3.63) is 64.7 Å². The van der Waals surface area contributed by atoms with Crippen molar-refractivity contribution in [1.82, 2.24) is 15.0 Å². The molecule has 0 atom stereocenters. The summed E-state index contributed by atoms with van der Waals surface area (Å²) in [7, 11) is 0. The lowest BCUT2D eigenvalue weighted by atomic mass is 10.1. The third-order valence-electron chi connectivity index (χ3n) is 6.45. The number of piperidine rings is 2. The van der Waals surface area contributed by atoms with Gasteiger partial charge in [0.1, 0.15) is 5.75 Å². The fourth-order valence-electron chi connectivity index (χ4n) is 4.45. The molecule has 2 saturated heterocycles. The number of carbonyl (C=O) groups is 1. The van der Waals surface area contributed by atoms with Gasteiger partial charge in [0.15, 0.2) is 0 Å². The van der Waals surface area contributed by atoms with Gasteiger partial charge in [-0.25, -0.2) is 10.2 Å². The van der Waals surface area contributed by atoms with Crippen LogP contribution in [0.25, 0.3) is 0 Å². The predicted molar refractivity (Wildman–Crippen MR) is 146 cm³/mol. The molecule has 0 aliphatic carbocycles. The zero-order valence-corrected chi connectivity index (χ0v) is 21.4. The maximum atomic E-state index is 12.4. The molecule has 2 aliphatic heterocycles. The normalized spacial score (nSPS) is 16.1. The third kappa shape index (κ3) is 6.54. The fourth-order valence-corrected chi connectivity index (χ4v) is 4.66. The van der Waals surface area contributed by atoms with Gasteiger partial charge in [-0.2, -0.15) is 20.1 Å². The first kappa shape index (κ1) is 25.0. The lowest BCUT2D eigenvalue weighted by molar-refractivity contribution is 0.0735. The van der Waals surface area contributed by atoms with Crippen molar-refractivity contribution in [3.63, 3.8) is 0 Å². The minimum Gasteiger partial charge on any atom is -0.423 e.